The van der Waals surface area contributed by atoms with E-state index in [2.05, 4.69) is 5.32 Å². The Kier molecular flexibility index (Phi) is 3.80. The Morgan fingerprint density at radius 2 is 2.00 bits per heavy atom. The molecule has 3 nitrogen and oxygen atoms in total. The molecule has 0 heterocycles. The molecule has 3 heteroatoms. The van der Waals surface area contributed by atoms with Gasteiger partial charge in [0.05, 0.1) is 0 Å². The van der Waals surface area contributed by atoms with E-state index in [1.165, 1.54) is 6.20 Å². The Balaban J connectivity index is 4.23. The van der Waals surface area contributed by atoms with Crippen molar-refractivity contribution in [1.29, 1.82) is 0 Å². The molecule has 0 aliphatic carbocycles. The van der Waals surface area contributed by atoms with E-state index in [4.69, 9.17) is 5.73 Å². The molecule has 12 heavy (non-hydrogen) atoms. The SMILES string of the molecule is CCC(=CN)C(=O)NC(C)(C)C. The second-order valence-electron chi connectivity index (χ2n) is 3.75. The summed E-state index contributed by atoms with van der Waals surface area (Å²) in [6.07, 6.45) is 2.03. The van der Waals surface area contributed by atoms with Crippen molar-refractivity contribution in [2.75, 3.05) is 0 Å². The number of rotatable bonds is 2. The quantitative estimate of drug-likeness (QED) is 0.611. The van der Waals surface area contributed by atoms with Crippen LogP contribution in [0, 0.1) is 0 Å². The normalized spacial score (nSPS) is 12.8. The standard InChI is InChI=1S/C9H18N2O/c1-5-7(6-10)8(12)11-9(2,3)4/h6H,5,10H2,1-4H3,(H,11,12). The molecule has 0 radical (unpaired) electrons. The lowest BCUT2D eigenvalue weighted by Crippen LogP contribution is -2.41. The molecule has 0 aliphatic heterocycles. The second kappa shape index (κ2) is 4.14. The Labute approximate surface area is 74.0 Å². The topological polar surface area (TPSA) is 55.1 Å². The highest BCUT2D eigenvalue weighted by atomic mass is 16.1. The van der Waals surface area contributed by atoms with E-state index in [0.717, 1.165) is 0 Å². The summed E-state index contributed by atoms with van der Waals surface area (Å²) < 4.78 is 0. The third kappa shape index (κ3) is 4.01. The van der Waals surface area contributed by atoms with Gasteiger partial charge in [0.25, 0.3) is 0 Å². The van der Waals surface area contributed by atoms with Crippen LogP contribution in [-0.2, 0) is 4.79 Å². The molecular weight excluding hydrogens is 152 g/mol. The molecule has 0 rings (SSSR count). The average Bonchev–Trinajstić information content (AvgIpc) is 1.85. The molecule has 0 aromatic heterocycles. The van der Waals surface area contributed by atoms with Crippen LogP contribution in [0.5, 0.6) is 0 Å². The van der Waals surface area contributed by atoms with Gasteiger partial charge in [-0.3, -0.25) is 4.79 Å². The van der Waals surface area contributed by atoms with E-state index < -0.39 is 0 Å². The zero-order chi connectivity index (χ0) is 9.78. The van der Waals surface area contributed by atoms with Crippen molar-refractivity contribution in [2.45, 2.75) is 39.7 Å². The van der Waals surface area contributed by atoms with Crippen LogP contribution in [0.4, 0.5) is 0 Å². The molecule has 0 atom stereocenters. The van der Waals surface area contributed by atoms with Gasteiger partial charge in [0.2, 0.25) is 5.91 Å². The summed E-state index contributed by atoms with van der Waals surface area (Å²) in [4.78, 5) is 11.4. The monoisotopic (exact) mass is 170 g/mol. The first kappa shape index (κ1) is 11.0. The van der Waals surface area contributed by atoms with Gasteiger partial charge in [-0.2, -0.15) is 0 Å². The van der Waals surface area contributed by atoms with Crippen molar-refractivity contribution in [1.82, 2.24) is 5.32 Å². The number of carbonyl (C=O) groups is 1. The van der Waals surface area contributed by atoms with Gasteiger partial charge in [-0.1, -0.05) is 6.92 Å². The van der Waals surface area contributed by atoms with Crippen LogP contribution in [0.1, 0.15) is 34.1 Å². The Morgan fingerprint density at radius 1 is 1.50 bits per heavy atom. The van der Waals surface area contributed by atoms with Crippen molar-refractivity contribution in [3.05, 3.63) is 11.8 Å². The maximum Gasteiger partial charge on any atom is 0.249 e. The first-order valence-electron chi connectivity index (χ1n) is 4.14. The molecule has 0 spiro atoms. The molecule has 0 unspecified atom stereocenters. The van der Waals surface area contributed by atoms with E-state index in [-0.39, 0.29) is 11.4 Å². The molecule has 0 aliphatic rings. The highest BCUT2D eigenvalue weighted by Crippen LogP contribution is 2.04. The van der Waals surface area contributed by atoms with Gasteiger partial charge in [-0.25, -0.2) is 0 Å². The van der Waals surface area contributed by atoms with E-state index >= 15 is 0 Å². The lowest BCUT2D eigenvalue weighted by atomic mass is 10.1. The van der Waals surface area contributed by atoms with Crippen molar-refractivity contribution in [2.24, 2.45) is 5.73 Å². The third-order valence-corrected chi connectivity index (χ3v) is 1.36. The van der Waals surface area contributed by atoms with Crippen molar-refractivity contribution in [3.8, 4) is 0 Å². The molecule has 70 valence electrons. The van der Waals surface area contributed by atoms with Crippen LogP contribution >= 0.6 is 0 Å². The lowest BCUT2D eigenvalue weighted by Gasteiger charge is -2.21. The smallest absolute Gasteiger partial charge is 0.249 e. The fourth-order valence-electron chi connectivity index (χ4n) is 0.775. The van der Waals surface area contributed by atoms with Crippen LogP contribution in [-0.4, -0.2) is 11.4 Å². The van der Waals surface area contributed by atoms with Crippen LogP contribution in [0.25, 0.3) is 0 Å². The van der Waals surface area contributed by atoms with E-state index in [0.29, 0.717) is 12.0 Å². The molecule has 0 aromatic carbocycles. The minimum absolute atomic E-state index is 0.0764. The molecular formula is C9H18N2O. The summed E-state index contributed by atoms with van der Waals surface area (Å²) in [6.45, 7) is 7.72. The summed E-state index contributed by atoms with van der Waals surface area (Å²) in [5.41, 5.74) is 5.72. The highest BCUT2D eigenvalue weighted by Gasteiger charge is 2.15. The Morgan fingerprint density at radius 3 is 2.25 bits per heavy atom. The second-order valence-corrected chi connectivity index (χ2v) is 3.75. The van der Waals surface area contributed by atoms with Gasteiger partial charge in [-0.15, -0.1) is 0 Å². The van der Waals surface area contributed by atoms with Crippen LogP contribution < -0.4 is 11.1 Å². The summed E-state index contributed by atoms with van der Waals surface area (Å²) in [5, 5.41) is 2.83. The molecule has 3 N–H and O–H groups in total. The van der Waals surface area contributed by atoms with Gasteiger partial charge in [0, 0.05) is 17.3 Å². The van der Waals surface area contributed by atoms with Gasteiger partial charge < -0.3 is 11.1 Å². The minimum Gasteiger partial charge on any atom is -0.404 e. The van der Waals surface area contributed by atoms with Gasteiger partial charge in [0.1, 0.15) is 0 Å². The molecule has 0 saturated carbocycles. The largest absolute Gasteiger partial charge is 0.404 e. The number of hydrogen-bond acceptors (Lipinski definition) is 2. The average molecular weight is 170 g/mol. The van der Waals surface area contributed by atoms with Gasteiger partial charge >= 0.3 is 0 Å². The van der Waals surface area contributed by atoms with E-state index in [1.807, 2.05) is 27.7 Å². The van der Waals surface area contributed by atoms with Gasteiger partial charge in [-0.05, 0) is 27.2 Å². The van der Waals surface area contributed by atoms with Crippen LogP contribution in [0.2, 0.25) is 0 Å². The minimum atomic E-state index is -0.194. The maximum absolute atomic E-state index is 11.4. The predicted molar refractivity (Wildman–Crippen MR) is 50.5 cm³/mol. The van der Waals surface area contributed by atoms with Crippen LogP contribution in [0.15, 0.2) is 11.8 Å². The van der Waals surface area contributed by atoms with Crippen molar-refractivity contribution >= 4 is 5.91 Å². The number of amides is 1. The first-order valence-corrected chi connectivity index (χ1v) is 4.14. The number of hydrogen-bond donors (Lipinski definition) is 2. The van der Waals surface area contributed by atoms with Crippen molar-refractivity contribution < 1.29 is 4.79 Å². The first-order chi connectivity index (χ1) is 5.40. The lowest BCUT2D eigenvalue weighted by molar-refractivity contribution is -0.118. The predicted octanol–water partition coefficient (Wildman–Crippen LogP) is 1.15. The number of carbonyl (C=O) groups excluding carboxylic acids is 1. The number of nitrogens with one attached hydrogen (secondary N) is 1. The molecule has 0 saturated heterocycles. The van der Waals surface area contributed by atoms with Crippen LogP contribution in [0.3, 0.4) is 0 Å². The summed E-state index contributed by atoms with van der Waals surface area (Å²) >= 11 is 0. The summed E-state index contributed by atoms with van der Waals surface area (Å²) in [6, 6.07) is 0. The number of nitrogens with two attached hydrogens (primary N) is 1. The molecule has 1 amide bonds. The highest BCUT2D eigenvalue weighted by molar-refractivity contribution is 5.93. The third-order valence-electron chi connectivity index (χ3n) is 1.36. The molecule has 0 fully saturated rings. The summed E-state index contributed by atoms with van der Waals surface area (Å²) in [7, 11) is 0. The van der Waals surface area contributed by atoms with Gasteiger partial charge in [0.15, 0.2) is 0 Å². The Bertz CT molecular complexity index is 189. The zero-order valence-corrected chi connectivity index (χ0v) is 8.27. The zero-order valence-electron chi connectivity index (χ0n) is 8.27. The summed E-state index contributed by atoms with van der Waals surface area (Å²) in [5.74, 6) is -0.0764. The fraction of sp³-hybridized carbons (Fsp3) is 0.667. The molecule has 0 bridgehead atoms. The Hall–Kier alpha value is -0.990. The molecule has 0 aromatic rings. The van der Waals surface area contributed by atoms with Crippen molar-refractivity contribution in [3.63, 3.8) is 0 Å². The fourth-order valence-corrected chi connectivity index (χ4v) is 0.775. The van der Waals surface area contributed by atoms with E-state index in [9.17, 15) is 4.79 Å². The maximum atomic E-state index is 11.4. The van der Waals surface area contributed by atoms with E-state index in [1.54, 1.807) is 0 Å².